The van der Waals surface area contributed by atoms with Crippen LogP contribution in [0, 0.1) is 0 Å². The third kappa shape index (κ3) is 3.64. The summed E-state index contributed by atoms with van der Waals surface area (Å²) in [6.45, 7) is 1.45. The van der Waals surface area contributed by atoms with Crippen molar-refractivity contribution in [3.63, 3.8) is 0 Å². The highest BCUT2D eigenvalue weighted by Gasteiger charge is 2.01. The summed E-state index contributed by atoms with van der Waals surface area (Å²) in [5.74, 6) is -0.143. The molecule has 2 aromatic carbocycles. The third-order valence-corrected chi connectivity index (χ3v) is 2.38. The second-order valence-electron chi connectivity index (χ2n) is 3.99. The number of nitrogens with one attached hydrogen (secondary N) is 1. The van der Waals surface area contributed by atoms with E-state index in [1.54, 1.807) is 18.2 Å². The standard InChI is InChI=1S/C14H14N4O/c1-10(19)16-12-7-8-13(15)14(9-12)18-17-11-5-3-2-4-6-11/h2-9H,15H2,1H3,(H,16,19). The molecular formula is C14H14N4O. The number of hydrogen-bond acceptors (Lipinski definition) is 4. The lowest BCUT2D eigenvalue weighted by atomic mass is 10.2. The first-order valence-electron chi connectivity index (χ1n) is 5.79. The molecule has 0 radical (unpaired) electrons. The minimum absolute atomic E-state index is 0.143. The van der Waals surface area contributed by atoms with Crippen molar-refractivity contribution in [3.8, 4) is 0 Å². The molecule has 2 rings (SSSR count). The van der Waals surface area contributed by atoms with Crippen LogP contribution in [0.4, 0.5) is 22.7 Å². The second-order valence-corrected chi connectivity index (χ2v) is 3.99. The summed E-state index contributed by atoms with van der Waals surface area (Å²) in [5, 5.41) is 10.9. The van der Waals surface area contributed by atoms with Crippen LogP contribution in [-0.2, 0) is 4.79 Å². The Morgan fingerprint density at radius 2 is 1.84 bits per heavy atom. The molecule has 2 aromatic rings. The van der Waals surface area contributed by atoms with Crippen molar-refractivity contribution in [1.82, 2.24) is 0 Å². The quantitative estimate of drug-likeness (QED) is 0.647. The topological polar surface area (TPSA) is 79.8 Å². The van der Waals surface area contributed by atoms with Crippen LogP contribution in [0.2, 0.25) is 0 Å². The van der Waals surface area contributed by atoms with Crippen molar-refractivity contribution in [2.75, 3.05) is 11.1 Å². The van der Waals surface area contributed by atoms with Crippen molar-refractivity contribution >= 4 is 28.7 Å². The molecule has 0 aliphatic carbocycles. The summed E-state index contributed by atoms with van der Waals surface area (Å²) >= 11 is 0. The van der Waals surface area contributed by atoms with Crippen LogP contribution in [0.5, 0.6) is 0 Å². The predicted octanol–water partition coefficient (Wildman–Crippen LogP) is 3.64. The Morgan fingerprint density at radius 3 is 2.53 bits per heavy atom. The van der Waals surface area contributed by atoms with E-state index in [0.29, 0.717) is 17.1 Å². The van der Waals surface area contributed by atoms with Gasteiger partial charge in [0.15, 0.2) is 0 Å². The lowest BCUT2D eigenvalue weighted by Gasteiger charge is -2.04. The van der Waals surface area contributed by atoms with Crippen molar-refractivity contribution in [3.05, 3.63) is 48.5 Å². The fourth-order valence-electron chi connectivity index (χ4n) is 1.52. The summed E-state index contributed by atoms with van der Waals surface area (Å²) in [5.41, 5.74) is 8.23. The van der Waals surface area contributed by atoms with Gasteiger partial charge in [0.25, 0.3) is 0 Å². The van der Waals surface area contributed by atoms with Gasteiger partial charge in [-0.1, -0.05) is 18.2 Å². The molecule has 0 atom stereocenters. The monoisotopic (exact) mass is 254 g/mol. The molecule has 96 valence electrons. The van der Waals surface area contributed by atoms with Crippen LogP contribution in [0.3, 0.4) is 0 Å². The smallest absolute Gasteiger partial charge is 0.221 e. The SMILES string of the molecule is CC(=O)Nc1ccc(N)c(N=Nc2ccccc2)c1. The maximum absolute atomic E-state index is 11.0. The highest BCUT2D eigenvalue weighted by atomic mass is 16.1. The number of azo groups is 1. The van der Waals surface area contributed by atoms with E-state index in [2.05, 4.69) is 15.5 Å². The minimum atomic E-state index is -0.143. The number of amides is 1. The predicted molar refractivity (Wildman–Crippen MR) is 75.8 cm³/mol. The van der Waals surface area contributed by atoms with E-state index >= 15 is 0 Å². The van der Waals surface area contributed by atoms with Gasteiger partial charge in [0.05, 0.1) is 11.4 Å². The highest BCUT2D eigenvalue weighted by molar-refractivity contribution is 5.89. The average Bonchev–Trinajstić information content (AvgIpc) is 2.40. The molecule has 0 aliphatic rings. The normalized spacial score (nSPS) is 10.6. The molecule has 0 saturated heterocycles. The number of nitrogens with zero attached hydrogens (tertiary/aromatic N) is 2. The summed E-state index contributed by atoms with van der Waals surface area (Å²) in [7, 11) is 0. The van der Waals surface area contributed by atoms with E-state index in [-0.39, 0.29) is 5.91 Å². The van der Waals surface area contributed by atoms with Gasteiger partial charge in [-0.15, -0.1) is 5.11 Å². The fourth-order valence-corrected chi connectivity index (χ4v) is 1.52. The van der Waals surface area contributed by atoms with E-state index in [0.717, 1.165) is 5.69 Å². The van der Waals surface area contributed by atoms with Gasteiger partial charge in [-0.2, -0.15) is 5.11 Å². The second kappa shape index (κ2) is 5.77. The van der Waals surface area contributed by atoms with Gasteiger partial charge in [-0.25, -0.2) is 0 Å². The van der Waals surface area contributed by atoms with Crippen LogP contribution in [0.1, 0.15) is 6.92 Å². The Bertz CT molecular complexity index is 608. The molecule has 19 heavy (non-hydrogen) atoms. The van der Waals surface area contributed by atoms with Crippen molar-refractivity contribution < 1.29 is 4.79 Å². The van der Waals surface area contributed by atoms with Crippen molar-refractivity contribution in [1.29, 1.82) is 0 Å². The molecule has 0 bridgehead atoms. The minimum Gasteiger partial charge on any atom is -0.397 e. The lowest BCUT2D eigenvalue weighted by Crippen LogP contribution is -2.05. The number of carbonyl (C=O) groups is 1. The first-order chi connectivity index (χ1) is 9.15. The van der Waals surface area contributed by atoms with Gasteiger partial charge in [-0.3, -0.25) is 4.79 Å². The molecule has 0 fully saturated rings. The van der Waals surface area contributed by atoms with Crippen LogP contribution < -0.4 is 11.1 Å². The van der Waals surface area contributed by atoms with E-state index in [9.17, 15) is 4.79 Å². The van der Waals surface area contributed by atoms with E-state index < -0.39 is 0 Å². The Labute approximate surface area is 111 Å². The molecule has 0 heterocycles. The number of hydrogen-bond donors (Lipinski definition) is 2. The first kappa shape index (κ1) is 12.8. The highest BCUT2D eigenvalue weighted by Crippen LogP contribution is 2.27. The number of carbonyl (C=O) groups excluding carboxylic acids is 1. The molecule has 0 saturated carbocycles. The Morgan fingerprint density at radius 1 is 1.11 bits per heavy atom. The number of nitrogens with two attached hydrogens (primary N) is 1. The van der Waals surface area contributed by atoms with Gasteiger partial charge in [-0.05, 0) is 30.3 Å². The zero-order valence-electron chi connectivity index (χ0n) is 10.5. The van der Waals surface area contributed by atoms with Crippen LogP contribution >= 0.6 is 0 Å². The maximum Gasteiger partial charge on any atom is 0.221 e. The number of benzene rings is 2. The largest absolute Gasteiger partial charge is 0.397 e. The fraction of sp³-hybridized carbons (Fsp3) is 0.0714. The summed E-state index contributed by atoms with van der Waals surface area (Å²) in [6, 6.07) is 14.4. The average molecular weight is 254 g/mol. The summed E-state index contributed by atoms with van der Waals surface area (Å²) in [4.78, 5) is 11.0. The Kier molecular flexibility index (Phi) is 3.87. The maximum atomic E-state index is 11.0. The van der Waals surface area contributed by atoms with E-state index in [1.807, 2.05) is 30.3 Å². The molecule has 5 nitrogen and oxygen atoms in total. The van der Waals surface area contributed by atoms with E-state index in [1.165, 1.54) is 6.92 Å². The molecule has 3 N–H and O–H groups in total. The molecule has 0 aliphatic heterocycles. The summed E-state index contributed by atoms with van der Waals surface area (Å²) < 4.78 is 0. The summed E-state index contributed by atoms with van der Waals surface area (Å²) in [6.07, 6.45) is 0. The first-order valence-corrected chi connectivity index (χ1v) is 5.79. The Hall–Kier alpha value is -2.69. The molecule has 0 aromatic heterocycles. The molecule has 0 spiro atoms. The van der Waals surface area contributed by atoms with Crippen LogP contribution in [0.15, 0.2) is 58.8 Å². The molecule has 0 unspecified atom stereocenters. The number of nitrogen functional groups attached to an aromatic ring is 1. The van der Waals surface area contributed by atoms with Gasteiger partial charge in [0, 0.05) is 12.6 Å². The Balaban J connectivity index is 2.24. The molecular weight excluding hydrogens is 240 g/mol. The van der Waals surface area contributed by atoms with Gasteiger partial charge < -0.3 is 11.1 Å². The van der Waals surface area contributed by atoms with Crippen molar-refractivity contribution in [2.24, 2.45) is 10.2 Å². The lowest BCUT2D eigenvalue weighted by molar-refractivity contribution is -0.114. The number of rotatable bonds is 3. The van der Waals surface area contributed by atoms with Gasteiger partial charge in [0.2, 0.25) is 5.91 Å². The van der Waals surface area contributed by atoms with E-state index in [4.69, 9.17) is 5.73 Å². The van der Waals surface area contributed by atoms with Crippen LogP contribution in [0.25, 0.3) is 0 Å². The number of anilines is 2. The third-order valence-electron chi connectivity index (χ3n) is 2.38. The zero-order chi connectivity index (χ0) is 13.7. The molecule has 5 heteroatoms. The van der Waals surface area contributed by atoms with Crippen LogP contribution in [-0.4, -0.2) is 5.91 Å². The molecule has 1 amide bonds. The van der Waals surface area contributed by atoms with Gasteiger partial charge in [0.1, 0.15) is 5.69 Å². The zero-order valence-corrected chi connectivity index (χ0v) is 10.5. The van der Waals surface area contributed by atoms with Gasteiger partial charge >= 0.3 is 0 Å². The van der Waals surface area contributed by atoms with Crippen molar-refractivity contribution in [2.45, 2.75) is 6.92 Å².